The van der Waals surface area contributed by atoms with E-state index in [-0.39, 0.29) is 35.3 Å². The van der Waals surface area contributed by atoms with Gasteiger partial charge in [-0.3, -0.25) is 4.79 Å². The minimum absolute atomic E-state index is 0. The first-order valence-electron chi connectivity index (χ1n) is 7.43. The molecule has 1 aliphatic heterocycles. The van der Waals surface area contributed by atoms with Crippen LogP contribution in [0.25, 0.3) is 0 Å². The molecule has 0 saturated carbocycles. The van der Waals surface area contributed by atoms with E-state index >= 15 is 0 Å². The second-order valence-corrected chi connectivity index (χ2v) is 6.73. The molecule has 0 spiro atoms. The zero-order chi connectivity index (χ0) is 15.5. The van der Waals surface area contributed by atoms with Crippen LogP contribution in [0.1, 0.15) is 55.8 Å². The van der Waals surface area contributed by atoms with Crippen LogP contribution in [0.5, 0.6) is 0 Å². The molecular weight excluding hydrogens is 323 g/mol. The zero-order valence-corrected chi connectivity index (χ0v) is 14.9. The Bertz CT molecular complexity index is 516. The summed E-state index contributed by atoms with van der Waals surface area (Å²) in [5, 5.41) is 6.61. The van der Waals surface area contributed by atoms with E-state index < -0.39 is 0 Å². The topological polar surface area (TPSA) is 66.9 Å². The van der Waals surface area contributed by atoms with E-state index in [1.807, 2.05) is 13.8 Å². The van der Waals surface area contributed by atoms with Gasteiger partial charge in [0.15, 0.2) is 0 Å². The van der Waals surface area contributed by atoms with Crippen molar-refractivity contribution < 1.29 is 4.79 Å². The quantitative estimate of drug-likeness (QED) is 0.879. The summed E-state index contributed by atoms with van der Waals surface area (Å²) in [4.78, 5) is 20.8. The highest BCUT2D eigenvalue weighted by atomic mass is 35.5. The molecule has 124 valence electrons. The molecule has 0 atom stereocenters. The zero-order valence-electron chi connectivity index (χ0n) is 13.3. The number of carbonyl (C=O) groups is 1. The number of nitrogens with one attached hydrogen (secondary N) is 2. The van der Waals surface area contributed by atoms with Crippen LogP contribution in [0.15, 0.2) is 6.20 Å². The summed E-state index contributed by atoms with van der Waals surface area (Å²) in [6, 6.07) is 0. The number of carbonyl (C=O) groups excluding carboxylic acids is 1. The predicted molar refractivity (Wildman–Crippen MR) is 90.9 cm³/mol. The number of hydrogen-bond donors (Lipinski definition) is 2. The maximum atomic E-state index is 12.3. The molecule has 0 aliphatic carbocycles. The van der Waals surface area contributed by atoms with Gasteiger partial charge in [0.2, 0.25) is 0 Å². The number of aromatic nitrogens is 2. The molecule has 2 rings (SSSR count). The van der Waals surface area contributed by atoms with Gasteiger partial charge in [0, 0.05) is 12.5 Å². The molecule has 0 unspecified atom stereocenters. The van der Waals surface area contributed by atoms with E-state index in [4.69, 9.17) is 11.6 Å². The average Bonchev–Trinajstić information content (AvgIpc) is 2.46. The second kappa shape index (κ2) is 8.09. The molecule has 22 heavy (non-hydrogen) atoms. The molecule has 1 aromatic rings. The average molecular weight is 347 g/mol. The Hall–Kier alpha value is -0.910. The lowest BCUT2D eigenvalue weighted by Gasteiger charge is -2.34. The summed E-state index contributed by atoms with van der Waals surface area (Å²) in [7, 11) is 0. The van der Waals surface area contributed by atoms with Gasteiger partial charge in [-0.15, -0.1) is 12.4 Å². The Labute approximate surface area is 143 Å². The molecular formula is C15H24Cl2N4O. The predicted octanol–water partition coefficient (Wildman–Crippen LogP) is 2.79. The van der Waals surface area contributed by atoms with Gasteiger partial charge in [-0.1, -0.05) is 32.4 Å². The SMILES string of the molecule is CC(C)c1ncc(Cl)c(C(=O)NCC2(C)CCNCC2)n1.Cl. The standard InChI is InChI=1S/C15H23ClN4O.ClH/c1-10(2)13-18-8-11(16)12(20-13)14(21)19-9-15(3)4-6-17-7-5-15;/h8,10,17H,4-7,9H2,1-3H3,(H,19,21);1H. The van der Waals surface area contributed by atoms with Gasteiger partial charge in [-0.05, 0) is 31.3 Å². The summed E-state index contributed by atoms with van der Waals surface area (Å²) in [5.74, 6) is 0.581. The maximum Gasteiger partial charge on any atom is 0.271 e. The fraction of sp³-hybridized carbons (Fsp3) is 0.667. The first-order valence-corrected chi connectivity index (χ1v) is 7.80. The highest BCUT2D eigenvalue weighted by molar-refractivity contribution is 6.33. The Morgan fingerprint density at radius 3 is 2.68 bits per heavy atom. The van der Waals surface area contributed by atoms with E-state index in [9.17, 15) is 4.79 Å². The molecule has 5 nitrogen and oxygen atoms in total. The van der Waals surface area contributed by atoms with Crippen molar-refractivity contribution in [1.29, 1.82) is 0 Å². The van der Waals surface area contributed by atoms with E-state index in [0.29, 0.717) is 17.4 Å². The van der Waals surface area contributed by atoms with Gasteiger partial charge in [0.1, 0.15) is 11.5 Å². The Morgan fingerprint density at radius 1 is 1.45 bits per heavy atom. The Kier molecular flexibility index (Phi) is 7.03. The van der Waals surface area contributed by atoms with Gasteiger partial charge < -0.3 is 10.6 Å². The monoisotopic (exact) mass is 346 g/mol. The third-order valence-electron chi connectivity index (χ3n) is 3.98. The summed E-state index contributed by atoms with van der Waals surface area (Å²) in [6.07, 6.45) is 3.62. The summed E-state index contributed by atoms with van der Waals surface area (Å²) >= 11 is 6.06. The van der Waals surface area contributed by atoms with Crippen molar-refractivity contribution in [1.82, 2.24) is 20.6 Å². The van der Waals surface area contributed by atoms with Gasteiger partial charge >= 0.3 is 0 Å². The minimum Gasteiger partial charge on any atom is -0.350 e. The molecule has 1 aliphatic rings. The molecule has 1 aromatic heterocycles. The van der Waals surface area contributed by atoms with Crippen LogP contribution in [-0.4, -0.2) is 35.5 Å². The summed E-state index contributed by atoms with van der Waals surface area (Å²) in [5.41, 5.74) is 0.411. The van der Waals surface area contributed by atoms with Crippen LogP contribution in [0.3, 0.4) is 0 Å². The van der Waals surface area contributed by atoms with Gasteiger partial charge in [-0.2, -0.15) is 0 Å². The van der Waals surface area contributed by atoms with Crippen LogP contribution in [0, 0.1) is 5.41 Å². The fourth-order valence-corrected chi connectivity index (χ4v) is 2.58. The third-order valence-corrected chi connectivity index (χ3v) is 4.26. The Morgan fingerprint density at radius 2 is 2.09 bits per heavy atom. The van der Waals surface area contributed by atoms with Crippen molar-refractivity contribution in [3.63, 3.8) is 0 Å². The molecule has 0 radical (unpaired) electrons. The van der Waals surface area contributed by atoms with E-state index in [0.717, 1.165) is 25.9 Å². The smallest absolute Gasteiger partial charge is 0.271 e. The molecule has 2 heterocycles. The fourth-order valence-electron chi connectivity index (χ4n) is 2.40. The number of amides is 1. The van der Waals surface area contributed by atoms with Gasteiger partial charge in [0.25, 0.3) is 5.91 Å². The number of nitrogens with zero attached hydrogens (tertiary/aromatic N) is 2. The highest BCUT2D eigenvalue weighted by Crippen LogP contribution is 2.27. The van der Waals surface area contributed by atoms with Crippen LogP contribution < -0.4 is 10.6 Å². The molecule has 1 fully saturated rings. The lowest BCUT2D eigenvalue weighted by Crippen LogP contribution is -2.43. The molecule has 0 bridgehead atoms. The normalized spacial score (nSPS) is 17.0. The van der Waals surface area contributed by atoms with Crippen LogP contribution in [-0.2, 0) is 0 Å². The second-order valence-electron chi connectivity index (χ2n) is 6.32. The molecule has 2 N–H and O–H groups in total. The molecule has 1 amide bonds. The summed E-state index contributed by atoms with van der Waals surface area (Å²) < 4.78 is 0. The molecule has 1 saturated heterocycles. The number of rotatable bonds is 4. The number of hydrogen-bond acceptors (Lipinski definition) is 4. The van der Waals surface area contributed by atoms with Crippen molar-refractivity contribution in [2.24, 2.45) is 5.41 Å². The van der Waals surface area contributed by atoms with E-state index in [1.54, 1.807) is 0 Å². The minimum atomic E-state index is -0.218. The third kappa shape index (κ3) is 4.80. The Balaban J connectivity index is 0.00000242. The summed E-state index contributed by atoms with van der Waals surface area (Å²) in [6.45, 7) is 8.82. The van der Waals surface area contributed by atoms with E-state index in [2.05, 4.69) is 27.5 Å². The molecule has 7 heteroatoms. The van der Waals surface area contributed by atoms with Crippen molar-refractivity contribution >= 4 is 29.9 Å². The number of piperidine rings is 1. The highest BCUT2D eigenvalue weighted by Gasteiger charge is 2.27. The maximum absolute atomic E-state index is 12.3. The van der Waals surface area contributed by atoms with E-state index in [1.165, 1.54) is 6.20 Å². The van der Waals surface area contributed by atoms with Crippen LogP contribution in [0.4, 0.5) is 0 Å². The number of halogens is 2. The van der Waals surface area contributed by atoms with Gasteiger partial charge in [0.05, 0.1) is 11.2 Å². The van der Waals surface area contributed by atoms with Crippen LogP contribution >= 0.6 is 24.0 Å². The first-order chi connectivity index (χ1) is 9.91. The van der Waals surface area contributed by atoms with Crippen molar-refractivity contribution in [2.45, 2.75) is 39.5 Å². The first kappa shape index (κ1) is 19.1. The van der Waals surface area contributed by atoms with Crippen LogP contribution in [0.2, 0.25) is 5.02 Å². The lowest BCUT2D eigenvalue weighted by atomic mass is 9.81. The van der Waals surface area contributed by atoms with Crippen molar-refractivity contribution in [3.05, 3.63) is 22.7 Å². The van der Waals surface area contributed by atoms with Crippen molar-refractivity contribution in [3.8, 4) is 0 Å². The largest absolute Gasteiger partial charge is 0.350 e. The van der Waals surface area contributed by atoms with Crippen molar-refractivity contribution in [2.75, 3.05) is 19.6 Å². The van der Waals surface area contributed by atoms with Gasteiger partial charge in [-0.25, -0.2) is 9.97 Å². The molecule has 0 aromatic carbocycles. The lowest BCUT2D eigenvalue weighted by molar-refractivity contribution is 0.0917.